The van der Waals surface area contributed by atoms with Crippen LogP contribution < -0.4 is 5.43 Å². The highest BCUT2D eigenvalue weighted by Crippen LogP contribution is 2.13. The van der Waals surface area contributed by atoms with Crippen molar-refractivity contribution in [2.75, 3.05) is 0 Å². The molecule has 0 amide bonds. The normalized spacial score (nSPS) is 10.8. The number of hydrogen-bond donors (Lipinski definition) is 1. The minimum absolute atomic E-state index is 0.0446. The Balaban J connectivity index is 2.98. The van der Waals surface area contributed by atoms with Crippen molar-refractivity contribution in [2.45, 2.75) is 6.92 Å². The van der Waals surface area contributed by atoms with E-state index in [0.29, 0.717) is 14.5 Å². The highest BCUT2D eigenvalue weighted by atomic mass is 127. The molecule has 0 bridgehead atoms. The van der Waals surface area contributed by atoms with E-state index >= 15 is 0 Å². The van der Waals surface area contributed by atoms with Gasteiger partial charge in [0.05, 0.1) is 9.09 Å². The van der Waals surface area contributed by atoms with Gasteiger partial charge >= 0.3 is 0 Å². The third-order valence-electron chi connectivity index (χ3n) is 2.08. The van der Waals surface area contributed by atoms with Crippen LogP contribution in [0.4, 0.5) is 4.39 Å². The summed E-state index contributed by atoms with van der Waals surface area (Å²) >= 11 is 1.99. The van der Waals surface area contributed by atoms with Crippen LogP contribution in [-0.4, -0.2) is 4.98 Å². The lowest BCUT2D eigenvalue weighted by Crippen LogP contribution is -2.09. The van der Waals surface area contributed by atoms with Crippen LogP contribution >= 0.6 is 22.6 Å². The highest BCUT2D eigenvalue weighted by Gasteiger charge is 2.06. The fourth-order valence-corrected chi connectivity index (χ4v) is 1.79. The van der Waals surface area contributed by atoms with Gasteiger partial charge in [-0.25, -0.2) is 4.39 Å². The first-order valence-electron chi connectivity index (χ1n) is 4.07. The summed E-state index contributed by atoms with van der Waals surface area (Å²) in [5.74, 6) is -0.339. The Labute approximate surface area is 93.3 Å². The SMILES string of the molecule is Cc1[nH]c2cc(F)ccc2c(=O)c1I. The zero-order chi connectivity index (χ0) is 10.3. The number of halogens is 2. The summed E-state index contributed by atoms with van der Waals surface area (Å²) in [4.78, 5) is 14.7. The molecule has 0 aliphatic rings. The first kappa shape index (κ1) is 9.64. The van der Waals surface area contributed by atoms with Gasteiger partial charge in [-0.3, -0.25) is 4.79 Å². The minimum Gasteiger partial charge on any atom is -0.357 e. The van der Waals surface area contributed by atoms with E-state index in [1.165, 1.54) is 18.2 Å². The summed E-state index contributed by atoms with van der Waals surface area (Å²) in [6, 6.07) is 4.13. The van der Waals surface area contributed by atoms with Gasteiger partial charge in [-0.05, 0) is 47.7 Å². The maximum Gasteiger partial charge on any atom is 0.202 e. The largest absolute Gasteiger partial charge is 0.357 e. The Morgan fingerprint density at radius 3 is 2.86 bits per heavy atom. The van der Waals surface area contributed by atoms with Gasteiger partial charge in [0.25, 0.3) is 0 Å². The van der Waals surface area contributed by atoms with Crippen molar-refractivity contribution in [1.29, 1.82) is 0 Å². The average molecular weight is 303 g/mol. The molecule has 2 rings (SSSR count). The monoisotopic (exact) mass is 303 g/mol. The molecule has 0 saturated carbocycles. The average Bonchev–Trinajstić information content (AvgIpc) is 2.14. The number of pyridine rings is 1. The van der Waals surface area contributed by atoms with Crippen LogP contribution in [0.3, 0.4) is 0 Å². The molecule has 2 nitrogen and oxygen atoms in total. The number of aromatic amines is 1. The van der Waals surface area contributed by atoms with Gasteiger partial charge in [-0.15, -0.1) is 0 Å². The topological polar surface area (TPSA) is 32.9 Å². The molecule has 0 atom stereocenters. The van der Waals surface area contributed by atoms with Gasteiger partial charge in [0.1, 0.15) is 5.82 Å². The van der Waals surface area contributed by atoms with Crippen molar-refractivity contribution < 1.29 is 4.39 Å². The standard InChI is InChI=1S/C10H7FINO/c1-5-9(12)10(14)7-3-2-6(11)4-8(7)13-5/h2-4H,1H3,(H,13,14). The smallest absolute Gasteiger partial charge is 0.202 e. The van der Waals surface area contributed by atoms with Crippen LogP contribution in [0.25, 0.3) is 10.9 Å². The van der Waals surface area contributed by atoms with Gasteiger partial charge in [0, 0.05) is 11.1 Å². The van der Waals surface area contributed by atoms with Gasteiger partial charge in [-0.2, -0.15) is 0 Å². The second-order valence-corrected chi connectivity index (χ2v) is 4.16. The van der Waals surface area contributed by atoms with Crippen molar-refractivity contribution in [2.24, 2.45) is 0 Å². The highest BCUT2D eigenvalue weighted by molar-refractivity contribution is 14.1. The molecule has 1 aromatic heterocycles. The van der Waals surface area contributed by atoms with Crippen LogP contribution in [0.2, 0.25) is 0 Å². The van der Waals surface area contributed by atoms with Crippen LogP contribution in [0.5, 0.6) is 0 Å². The molecule has 14 heavy (non-hydrogen) atoms. The van der Waals surface area contributed by atoms with Crippen molar-refractivity contribution in [3.05, 3.63) is 43.5 Å². The predicted molar refractivity (Wildman–Crippen MR) is 62.0 cm³/mol. The molecule has 0 saturated heterocycles. The molecule has 0 aliphatic carbocycles. The molecular formula is C10H7FINO. The summed E-state index contributed by atoms with van der Waals surface area (Å²) in [6.45, 7) is 1.80. The zero-order valence-corrected chi connectivity index (χ0v) is 9.55. The quantitative estimate of drug-likeness (QED) is 0.746. The third kappa shape index (κ3) is 1.43. The second-order valence-electron chi connectivity index (χ2n) is 3.08. The number of hydrogen-bond acceptors (Lipinski definition) is 1. The van der Waals surface area contributed by atoms with Gasteiger partial charge in [0.2, 0.25) is 5.43 Å². The van der Waals surface area contributed by atoms with Crippen LogP contribution in [0.1, 0.15) is 5.69 Å². The Morgan fingerprint density at radius 2 is 2.14 bits per heavy atom. The lowest BCUT2D eigenvalue weighted by Gasteiger charge is -2.02. The van der Waals surface area contributed by atoms with Crippen molar-refractivity contribution in [3.8, 4) is 0 Å². The summed E-state index contributed by atoms with van der Waals surface area (Å²) in [5, 5.41) is 0.529. The molecule has 4 heteroatoms. The fraction of sp³-hybridized carbons (Fsp3) is 0.100. The van der Waals surface area contributed by atoms with E-state index in [1.54, 1.807) is 6.92 Å². The van der Waals surface area contributed by atoms with E-state index in [1.807, 2.05) is 22.6 Å². The molecule has 0 aliphatic heterocycles. The number of fused-ring (bicyclic) bond motifs is 1. The molecule has 0 spiro atoms. The molecule has 2 aromatic rings. The lowest BCUT2D eigenvalue weighted by molar-refractivity contribution is 0.629. The molecule has 0 unspecified atom stereocenters. The molecule has 1 heterocycles. The first-order valence-corrected chi connectivity index (χ1v) is 5.15. The number of aryl methyl sites for hydroxylation is 1. The number of aromatic nitrogens is 1. The molecule has 1 aromatic carbocycles. The van der Waals surface area contributed by atoms with E-state index in [4.69, 9.17) is 0 Å². The number of nitrogens with one attached hydrogen (secondary N) is 1. The lowest BCUT2D eigenvalue weighted by atomic mass is 10.2. The van der Waals surface area contributed by atoms with Gasteiger partial charge < -0.3 is 4.98 Å². The third-order valence-corrected chi connectivity index (χ3v) is 3.38. The van der Waals surface area contributed by atoms with Crippen molar-refractivity contribution in [1.82, 2.24) is 4.98 Å². The summed E-state index contributed by atoms with van der Waals surface area (Å²) in [6.07, 6.45) is 0. The van der Waals surface area contributed by atoms with E-state index in [9.17, 15) is 9.18 Å². The molecule has 0 fully saturated rings. The molecular weight excluding hydrogens is 296 g/mol. The Hall–Kier alpha value is -0.910. The fourth-order valence-electron chi connectivity index (χ4n) is 1.36. The van der Waals surface area contributed by atoms with E-state index < -0.39 is 0 Å². The molecule has 0 radical (unpaired) electrons. The number of benzene rings is 1. The summed E-state index contributed by atoms with van der Waals surface area (Å²) < 4.78 is 13.5. The Kier molecular flexibility index (Phi) is 2.30. The van der Waals surface area contributed by atoms with Crippen LogP contribution in [0.15, 0.2) is 23.0 Å². The van der Waals surface area contributed by atoms with Gasteiger partial charge in [-0.1, -0.05) is 0 Å². The predicted octanol–water partition coefficient (Wildman–Crippen LogP) is 2.58. The van der Waals surface area contributed by atoms with Crippen molar-refractivity contribution in [3.63, 3.8) is 0 Å². The van der Waals surface area contributed by atoms with Crippen molar-refractivity contribution >= 4 is 33.5 Å². The zero-order valence-electron chi connectivity index (χ0n) is 7.40. The Morgan fingerprint density at radius 1 is 1.43 bits per heavy atom. The summed E-state index contributed by atoms with van der Waals surface area (Å²) in [5.41, 5.74) is 1.28. The molecule has 72 valence electrons. The van der Waals surface area contributed by atoms with E-state index in [0.717, 1.165) is 5.69 Å². The van der Waals surface area contributed by atoms with E-state index in [2.05, 4.69) is 4.98 Å². The maximum atomic E-state index is 12.9. The summed E-state index contributed by atoms with van der Waals surface area (Å²) in [7, 11) is 0. The first-order chi connectivity index (χ1) is 6.59. The Bertz CT molecular complexity index is 562. The maximum absolute atomic E-state index is 12.9. The second kappa shape index (κ2) is 3.34. The minimum atomic E-state index is -0.339. The number of H-pyrrole nitrogens is 1. The number of rotatable bonds is 0. The van der Waals surface area contributed by atoms with E-state index in [-0.39, 0.29) is 11.2 Å². The van der Waals surface area contributed by atoms with Crippen LogP contribution in [0, 0.1) is 16.3 Å². The van der Waals surface area contributed by atoms with Crippen LogP contribution in [-0.2, 0) is 0 Å². The van der Waals surface area contributed by atoms with Gasteiger partial charge in [0.15, 0.2) is 0 Å². The molecule has 1 N–H and O–H groups in total.